The summed E-state index contributed by atoms with van der Waals surface area (Å²) in [5.74, 6) is 1.28. The van der Waals surface area contributed by atoms with Crippen LogP contribution < -0.4 is 14.2 Å². The van der Waals surface area contributed by atoms with Crippen molar-refractivity contribution in [1.29, 1.82) is 0 Å². The van der Waals surface area contributed by atoms with Crippen molar-refractivity contribution in [2.75, 3.05) is 6.61 Å². The van der Waals surface area contributed by atoms with Crippen molar-refractivity contribution in [2.45, 2.75) is 20.3 Å². The molecule has 0 bridgehead atoms. The molecule has 0 amide bonds. The van der Waals surface area contributed by atoms with Gasteiger partial charge in [0.2, 0.25) is 5.78 Å². The van der Waals surface area contributed by atoms with Crippen molar-refractivity contribution in [1.82, 2.24) is 0 Å². The van der Waals surface area contributed by atoms with Crippen LogP contribution >= 0.6 is 11.3 Å². The van der Waals surface area contributed by atoms with Gasteiger partial charge in [0.15, 0.2) is 5.76 Å². The van der Waals surface area contributed by atoms with E-state index >= 15 is 0 Å². The maximum Gasteiger partial charge on any atom is 0.316 e. The van der Waals surface area contributed by atoms with Crippen molar-refractivity contribution in [3.8, 4) is 17.2 Å². The van der Waals surface area contributed by atoms with Crippen LogP contribution in [0.25, 0.3) is 6.08 Å². The minimum absolute atomic E-state index is 0.196. The monoisotopic (exact) mass is 420 g/mol. The summed E-state index contributed by atoms with van der Waals surface area (Å²) >= 11 is 1.51. The summed E-state index contributed by atoms with van der Waals surface area (Å²) in [6.07, 6.45) is 1.90. The zero-order valence-electron chi connectivity index (χ0n) is 16.6. The molecule has 152 valence electrons. The third kappa shape index (κ3) is 4.14. The summed E-state index contributed by atoms with van der Waals surface area (Å²) in [7, 11) is 0. The molecule has 0 fully saturated rings. The SMILES string of the molecule is CCOc1ccc(/C=C2\Oc3c(ccc(OC(=O)Cc4cccs4)c3C)C2=O)cc1. The van der Waals surface area contributed by atoms with E-state index in [2.05, 4.69) is 0 Å². The molecule has 0 spiro atoms. The van der Waals surface area contributed by atoms with Crippen LogP contribution in [0.1, 0.15) is 33.3 Å². The predicted octanol–water partition coefficient (Wildman–Crippen LogP) is 5.22. The van der Waals surface area contributed by atoms with Crippen molar-refractivity contribution >= 4 is 29.2 Å². The zero-order valence-corrected chi connectivity index (χ0v) is 17.5. The highest BCUT2D eigenvalue weighted by Gasteiger charge is 2.30. The molecule has 2 heterocycles. The van der Waals surface area contributed by atoms with E-state index in [1.165, 1.54) is 11.3 Å². The molecule has 0 saturated carbocycles. The third-order valence-corrected chi connectivity index (χ3v) is 5.52. The summed E-state index contributed by atoms with van der Waals surface area (Å²) in [6.45, 7) is 4.30. The van der Waals surface area contributed by atoms with E-state index < -0.39 is 0 Å². The van der Waals surface area contributed by atoms with Gasteiger partial charge < -0.3 is 14.2 Å². The number of esters is 1. The van der Waals surface area contributed by atoms with Gasteiger partial charge in [0.05, 0.1) is 18.6 Å². The van der Waals surface area contributed by atoms with E-state index in [4.69, 9.17) is 14.2 Å². The Balaban J connectivity index is 1.52. The molecule has 4 rings (SSSR count). The first kappa shape index (κ1) is 19.9. The van der Waals surface area contributed by atoms with Crippen LogP contribution in [0.15, 0.2) is 59.7 Å². The molecule has 1 aromatic heterocycles. The van der Waals surface area contributed by atoms with Crippen LogP contribution in [-0.4, -0.2) is 18.4 Å². The molecule has 1 aliphatic heterocycles. The average Bonchev–Trinajstić information content (AvgIpc) is 3.35. The van der Waals surface area contributed by atoms with E-state index in [9.17, 15) is 9.59 Å². The number of benzene rings is 2. The maximum absolute atomic E-state index is 12.7. The Morgan fingerprint density at radius 3 is 2.63 bits per heavy atom. The molecule has 3 aromatic rings. The highest BCUT2D eigenvalue weighted by Crippen LogP contribution is 2.39. The second kappa shape index (κ2) is 8.55. The summed E-state index contributed by atoms with van der Waals surface area (Å²) < 4.78 is 16.8. The number of hydrogen-bond donors (Lipinski definition) is 0. The second-order valence-corrected chi connectivity index (χ2v) is 7.77. The van der Waals surface area contributed by atoms with Crippen LogP contribution in [0.2, 0.25) is 0 Å². The van der Waals surface area contributed by atoms with Gasteiger partial charge >= 0.3 is 5.97 Å². The van der Waals surface area contributed by atoms with Crippen LogP contribution in [0.5, 0.6) is 17.2 Å². The van der Waals surface area contributed by atoms with Crippen molar-refractivity contribution < 1.29 is 23.8 Å². The van der Waals surface area contributed by atoms with Gasteiger partial charge in [0.1, 0.15) is 17.2 Å². The van der Waals surface area contributed by atoms with Crippen molar-refractivity contribution in [3.05, 3.63) is 81.2 Å². The van der Waals surface area contributed by atoms with Gasteiger partial charge in [-0.1, -0.05) is 18.2 Å². The number of ether oxygens (including phenoxy) is 3. The third-order valence-electron chi connectivity index (χ3n) is 4.65. The molecule has 0 aliphatic carbocycles. The first-order valence-electron chi connectivity index (χ1n) is 9.59. The van der Waals surface area contributed by atoms with Gasteiger partial charge in [-0.15, -0.1) is 11.3 Å². The van der Waals surface area contributed by atoms with E-state index in [1.54, 1.807) is 25.1 Å². The summed E-state index contributed by atoms with van der Waals surface area (Å²) in [5, 5.41) is 1.92. The lowest BCUT2D eigenvalue weighted by Crippen LogP contribution is -2.11. The fourth-order valence-corrected chi connectivity index (χ4v) is 3.86. The molecule has 5 nitrogen and oxygen atoms in total. The Hall–Kier alpha value is -3.38. The van der Waals surface area contributed by atoms with E-state index in [0.717, 1.165) is 16.2 Å². The predicted molar refractivity (Wildman–Crippen MR) is 115 cm³/mol. The molecule has 2 aromatic carbocycles. The minimum Gasteiger partial charge on any atom is -0.494 e. The molecule has 0 unspecified atom stereocenters. The highest BCUT2D eigenvalue weighted by atomic mass is 32.1. The van der Waals surface area contributed by atoms with Crippen LogP contribution in [0.3, 0.4) is 0 Å². The maximum atomic E-state index is 12.7. The lowest BCUT2D eigenvalue weighted by molar-refractivity contribution is -0.133. The Morgan fingerprint density at radius 1 is 1.13 bits per heavy atom. The van der Waals surface area contributed by atoms with Gasteiger partial charge in [-0.05, 0) is 61.2 Å². The fraction of sp³-hybridized carbons (Fsp3) is 0.167. The molecular formula is C24H20O5S. The number of hydrogen-bond acceptors (Lipinski definition) is 6. The number of rotatable bonds is 6. The van der Waals surface area contributed by atoms with Gasteiger partial charge in [0.25, 0.3) is 0 Å². The Bertz CT molecular complexity index is 1110. The van der Waals surface area contributed by atoms with Gasteiger partial charge in [-0.2, -0.15) is 0 Å². The molecular weight excluding hydrogens is 400 g/mol. The van der Waals surface area contributed by atoms with Gasteiger partial charge in [-0.25, -0.2) is 0 Å². The fourth-order valence-electron chi connectivity index (χ4n) is 3.17. The van der Waals surface area contributed by atoms with E-state index in [0.29, 0.717) is 29.2 Å². The van der Waals surface area contributed by atoms with Crippen molar-refractivity contribution in [2.24, 2.45) is 0 Å². The number of ketones is 1. The lowest BCUT2D eigenvalue weighted by Gasteiger charge is -2.09. The normalized spacial score (nSPS) is 13.8. The van der Waals surface area contributed by atoms with Gasteiger partial charge in [0, 0.05) is 10.4 Å². The Kier molecular flexibility index (Phi) is 5.68. The Labute approximate surface area is 178 Å². The number of carbonyl (C=O) groups excluding carboxylic acids is 2. The van der Waals surface area contributed by atoms with E-state index in [-0.39, 0.29) is 23.9 Å². The van der Waals surface area contributed by atoms with Crippen LogP contribution in [-0.2, 0) is 11.2 Å². The lowest BCUT2D eigenvalue weighted by atomic mass is 10.1. The zero-order chi connectivity index (χ0) is 21.1. The smallest absolute Gasteiger partial charge is 0.316 e. The standard InChI is InChI=1S/C24H20O5S/c1-3-27-17-8-6-16(7-9-17)13-21-23(26)19-10-11-20(15(2)24(19)29-21)28-22(25)14-18-5-4-12-30-18/h4-13H,3,14H2,1-2H3/b21-13-. The highest BCUT2D eigenvalue weighted by molar-refractivity contribution is 7.10. The average molecular weight is 420 g/mol. The van der Waals surface area contributed by atoms with Crippen LogP contribution in [0.4, 0.5) is 0 Å². The number of fused-ring (bicyclic) bond motifs is 1. The van der Waals surface area contributed by atoms with Gasteiger partial charge in [-0.3, -0.25) is 9.59 Å². The molecule has 0 radical (unpaired) electrons. The summed E-state index contributed by atoms with van der Waals surface area (Å²) in [4.78, 5) is 25.9. The molecule has 1 aliphatic rings. The van der Waals surface area contributed by atoms with E-state index in [1.807, 2.05) is 48.7 Å². The molecule has 30 heavy (non-hydrogen) atoms. The molecule has 0 saturated heterocycles. The minimum atomic E-state index is -0.352. The summed E-state index contributed by atoms with van der Waals surface area (Å²) in [6, 6.07) is 14.5. The number of thiophene rings is 1. The second-order valence-electron chi connectivity index (χ2n) is 6.74. The topological polar surface area (TPSA) is 61.8 Å². The van der Waals surface area contributed by atoms with Crippen molar-refractivity contribution in [3.63, 3.8) is 0 Å². The Morgan fingerprint density at radius 2 is 1.93 bits per heavy atom. The molecule has 0 N–H and O–H groups in total. The molecule has 0 atom stereocenters. The summed E-state index contributed by atoms with van der Waals surface area (Å²) in [5.41, 5.74) is 1.91. The number of carbonyl (C=O) groups is 2. The van der Waals surface area contributed by atoms with Crippen LogP contribution in [0, 0.1) is 6.92 Å². The molecule has 6 heteroatoms. The number of allylic oxidation sites excluding steroid dienone is 1. The largest absolute Gasteiger partial charge is 0.494 e. The first-order valence-corrected chi connectivity index (χ1v) is 10.5. The first-order chi connectivity index (χ1) is 14.5. The number of Topliss-reactive ketones (excluding diaryl/α,β-unsaturated/α-hetero) is 1. The quantitative estimate of drug-likeness (QED) is 0.311.